The third kappa shape index (κ3) is 2.21. The minimum Gasteiger partial charge on any atom is -0.453 e. The molecule has 0 unspecified atom stereocenters. The molecule has 3 rings (SSSR count). The maximum Gasteiger partial charge on any atom is 0.229 e. The smallest absolute Gasteiger partial charge is 0.229 e. The van der Waals surface area contributed by atoms with E-state index in [1.165, 1.54) is 12.1 Å². The minimum absolute atomic E-state index is 0.0756. The van der Waals surface area contributed by atoms with Gasteiger partial charge in [0, 0.05) is 10.9 Å². The molecule has 0 aliphatic heterocycles. The summed E-state index contributed by atoms with van der Waals surface area (Å²) in [6.07, 6.45) is 0. The summed E-state index contributed by atoms with van der Waals surface area (Å²) in [6, 6.07) is 11.0. The molecule has 0 aliphatic rings. The standard InChI is InChI=1S/C16H10ClFO2/c1-9-2-5-14-10(6-9)7-15(20-14)16(19)12-4-3-11(18)8-13(12)17/h2-8H,1H3. The molecule has 0 saturated carbocycles. The van der Waals surface area contributed by atoms with Crippen LogP contribution in [0.25, 0.3) is 11.0 Å². The SMILES string of the molecule is Cc1ccc2oc(C(=O)c3ccc(F)cc3Cl)cc2c1. The molecule has 3 aromatic rings. The van der Waals surface area contributed by atoms with Crippen molar-refractivity contribution in [3.63, 3.8) is 0 Å². The Morgan fingerprint density at radius 3 is 2.70 bits per heavy atom. The van der Waals surface area contributed by atoms with Gasteiger partial charge >= 0.3 is 0 Å². The van der Waals surface area contributed by atoms with Crippen LogP contribution in [-0.2, 0) is 0 Å². The lowest BCUT2D eigenvalue weighted by atomic mass is 10.1. The second-order valence-corrected chi connectivity index (χ2v) is 5.01. The summed E-state index contributed by atoms with van der Waals surface area (Å²) >= 11 is 5.90. The van der Waals surface area contributed by atoms with Gasteiger partial charge in [-0.15, -0.1) is 0 Å². The van der Waals surface area contributed by atoms with Gasteiger partial charge < -0.3 is 4.42 Å². The topological polar surface area (TPSA) is 30.2 Å². The Morgan fingerprint density at radius 2 is 1.95 bits per heavy atom. The summed E-state index contributed by atoms with van der Waals surface area (Å²) in [5.74, 6) is -0.644. The summed E-state index contributed by atoms with van der Waals surface area (Å²) in [5, 5.41) is 0.929. The summed E-state index contributed by atoms with van der Waals surface area (Å²) in [6.45, 7) is 1.96. The van der Waals surface area contributed by atoms with Crippen molar-refractivity contribution < 1.29 is 13.6 Å². The van der Waals surface area contributed by atoms with E-state index in [1.54, 1.807) is 6.07 Å². The second kappa shape index (κ2) is 4.76. The van der Waals surface area contributed by atoms with Crippen LogP contribution in [0.1, 0.15) is 21.7 Å². The number of carbonyl (C=O) groups excluding carboxylic acids is 1. The number of hydrogen-bond acceptors (Lipinski definition) is 2. The maximum absolute atomic E-state index is 13.0. The molecule has 0 N–H and O–H groups in total. The zero-order valence-corrected chi connectivity index (χ0v) is 11.4. The number of hydrogen-bond donors (Lipinski definition) is 0. The summed E-state index contributed by atoms with van der Waals surface area (Å²) < 4.78 is 18.5. The van der Waals surface area contributed by atoms with Crippen molar-refractivity contribution in [2.75, 3.05) is 0 Å². The first-order chi connectivity index (χ1) is 9.54. The predicted octanol–water partition coefficient (Wildman–Crippen LogP) is 4.76. The van der Waals surface area contributed by atoms with Gasteiger partial charge in [-0.3, -0.25) is 4.79 Å². The van der Waals surface area contributed by atoms with Gasteiger partial charge in [0.2, 0.25) is 5.78 Å². The highest BCUT2D eigenvalue weighted by molar-refractivity contribution is 6.34. The average molecular weight is 289 g/mol. The van der Waals surface area contributed by atoms with Gasteiger partial charge in [-0.05, 0) is 43.3 Å². The Kier molecular flexibility index (Phi) is 3.07. The molecule has 0 atom stereocenters. The maximum atomic E-state index is 13.0. The van der Waals surface area contributed by atoms with Gasteiger partial charge in [0.1, 0.15) is 11.4 Å². The fraction of sp³-hybridized carbons (Fsp3) is 0.0625. The highest BCUT2D eigenvalue weighted by atomic mass is 35.5. The number of carbonyl (C=O) groups is 1. The van der Waals surface area contributed by atoms with Crippen molar-refractivity contribution in [1.29, 1.82) is 0 Å². The number of furan rings is 1. The number of ketones is 1. The van der Waals surface area contributed by atoms with Crippen molar-refractivity contribution in [2.24, 2.45) is 0 Å². The third-order valence-electron chi connectivity index (χ3n) is 3.07. The van der Waals surface area contributed by atoms with Crippen molar-refractivity contribution in [1.82, 2.24) is 0 Å². The molecule has 0 aliphatic carbocycles. The van der Waals surface area contributed by atoms with Crippen LogP contribution in [0.3, 0.4) is 0 Å². The Hall–Kier alpha value is -2.13. The Labute approximate surface area is 119 Å². The highest BCUT2D eigenvalue weighted by Gasteiger charge is 2.17. The molecule has 1 heterocycles. The van der Waals surface area contributed by atoms with Gasteiger partial charge in [0.25, 0.3) is 0 Å². The molecule has 2 aromatic carbocycles. The van der Waals surface area contributed by atoms with E-state index in [4.69, 9.17) is 16.0 Å². The molecular weight excluding hydrogens is 279 g/mol. The van der Waals surface area contributed by atoms with Crippen LogP contribution < -0.4 is 0 Å². The number of halogens is 2. The van der Waals surface area contributed by atoms with Gasteiger partial charge in [-0.2, -0.15) is 0 Å². The van der Waals surface area contributed by atoms with E-state index in [0.29, 0.717) is 5.58 Å². The van der Waals surface area contributed by atoms with E-state index < -0.39 is 5.82 Å². The highest BCUT2D eigenvalue weighted by Crippen LogP contribution is 2.25. The largest absolute Gasteiger partial charge is 0.453 e. The molecule has 20 heavy (non-hydrogen) atoms. The minimum atomic E-state index is -0.480. The van der Waals surface area contributed by atoms with Crippen LogP contribution in [-0.4, -0.2) is 5.78 Å². The fourth-order valence-corrected chi connectivity index (χ4v) is 2.33. The predicted molar refractivity (Wildman–Crippen MR) is 75.8 cm³/mol. The molecule has 4 heteroatoms. The lowest BCUT2D eigenvalue weighted by molar-refractivity contribution is 0.101. The van der Waals surface area contributed by atoms with Gasteiger partial charge in [0.05, 0.1) is 5.02 Å². The average Bonchev–Trinajstić information content (AvgIpc) is 2.81. The van der Waals surface area contributed by atoms with Gasteiger partial charge in [-0.25, -0.2) is 4.39 Å². The lowest BCUT2D eigenvalue weighted by Gasteiger charge is -2.00. The third-order valence-corrected chi connectivity index (χ3v) is 3.38. The Balaban J connectivity index is 2.08. The molecule has 0 radical (unpaired) electrons. The second-order valence-electron chi connectivity index (χ2n) is 4.61. The number of aryl methyl sites for hydroxylation is 1. The van der Waals surface area contributed by atoms with E-state index in [-0.39, 0.29) is 22.1 Å². The molecule has 1 aromatic heterocycles. The van der Waals surface area contributed by atoms with Gasteiger partial charge in [0.15, 0.2) is 5.76 Å². The van der Waals surface area contributed by atoms with Crippen LogP contribution in [0.15, 0.2) is 46.9 Å². The summed E-state index contributed by atoms with van der Waals surface area (Å²) in [7, 11) is 0. The van der Waals surface area contributed by atoms with E-state index in [1.807, 2.05) is 25.1 Å². The van der Waals surface area contributed by atoms with Crippen LogP contribution in [0.2, 0.25) is 5.02 Å². The lowest BCUT2D eigenvalue weighted by Crippen LogP contribution is -2.00. The molecular formula is C16H10ClFO2. The number of benzene rings is 2. The van der Waals surface area contributed by atoms with Crippen LogP contribution >= 0.6 is 11.6 Å². The van der Waals surface area contributed by atoms with Crippen molar-refractivity contribution in [3.8, 4) is 0 Å². The molecule has 0 spiro atoms. The number of rotatable bonds is 2. The van der Waals surface area contributed by atoms with Crippen molar-refractivity contribution >= 4 is 28.4 Å². The zero-order chi connectivity index (χ0) is 14.3. The zero-order valence-electron chi connectivity index (χ0n) is 10.6. The molecule has 0 bridgehead atoms. The van der Waals surface area contributed by atoms with E-state index in [9.17, 15) is 9.18 Å². The quantitative estimate of drug-likeness (QED) is 0.636. The van der Waals surface area contributed by atoms with Crippen LogP contribution in [0, 0.1) is 12.7 Å². The van der Waals surface area contributed by atoms with E-state index in [0.717, 1.165) is 17.0 Å². The molecule has 0 saturated heterocycles. The summed E-state index contributed by atoms with van der Waals surface area (Å²) in [5.41, 5.74) is 1.94. The summed E-state index contributed by atoms with van der Waals surface area (Å²) in [4.78, 5) is 12.3. The first kappa shape index (κ1) is 12.9. The molecule has 0 fully saturated rings. The molecule has 2 nitrogen and oxygen atoms in total. The number of fused-ring (bicyclic) bond motifs is 1. The Morgan fingerprint density at radius 1 is 1.15 bits per heavy atom. The van der Waals surface area contributed by atoms with E-state index in [2.05, 4.69) is 0 Å². The monoisotopic (exact) mass is 288 g/mol. The fourth-order valence-electron chi connectivity index (χ4n) is 2.08. The normalized spacial score (nSPS) is 10.9. The van der Waals surface area contributed by atoms with Crippen LogP contribution in [0.5, 0.6) is 0 Å². The molecule has 0 amide bonds. The Bertz CT molecular complexity index is 820. The van der Waals surface area contributed by atoms with Crippen molar-refractivity contribution in [2.45, 2.75) is 6.92 Å². The molecule has 100 valence electrons. The van der Waals surface area contributed by atoms with Gasteiger partial charge in [-0.1, -0.05) is 23.2 Å². The first-order valence-corrected chi connectivity index (χ1v) is 6.42. The van der Waals surface area contributed by atoms with E-state index >= 15 is 0 Å². The first-order valence-electron chi connectivity index (χ1n) is 6.04. The van der Waals surface area contributed by atoms with Crippen molar-refractivity contribution in [3.05, 3.63) is 70.2 Å². The van der Waals surface area contributed by atoms with Crippen LogP contribution in [0.4, 0.5) is 4.39 Å².